The first kappa shape index (κ1) is 16.6. The summed E-state index contributed by atoms with van der Waals surface area (Å²) in [5.74, 6) is -0.396. The van der Waals surface area contributed by atoms with Gasteiger partial charge >= 0.3 is 0 Å². The number of carbonyl (C=O) groups is 1. The number of aromatic amines is 1. The molecule has 3 aromatic rings. The lowest BCUT2D eigenvalue weighted by atomic mass is 9.97. The molecule has 25 heavy (non-hydrogen) atoms. The van der Waals surface area contributed by atoms with E-state index in [1.54, 1.807) is 43.5 Å². The number of nitrogens with one attached hydrogen (secondary N) is 2. The lowest BCUT2D eigenvalue weighted by Gasteiger charge is -2.14. The molecule has 1 heterocycles. The number of methoxy groups -OCH3 is 1. The fourth-order valence-corrected chi connectivity index (χ4v) is 2.40. The van der Waals surface area contributed by atoms with Gasteiger partial charge in [-0.2, -0.15) is 5.21 Å². The summed E-state index contributed by atoms with van der Waals surface area (Å²) in [4.78, 5) is 12.7. The van der Waals surface area contributed by atoms with Crippen molar-refractivity contribution in [2.75, 3.05) is 12.4 Å². The largest absolute Gasteiger partial charge is 0.497 e. The summed E-state index contributed by atoms with van der Waals surface area (Å²) in [5, 5.41) is 16.5. The average molecular weight is 341 g/mol. The van der Waals surface area contributed by atoms with E-state index in [2.05, 4.69) is 25.9 Å². The van der Waals surface area contributed by atoms with Gasteiger partial charge in [0.25, 0.3) is 0 Å². The molecule has 1 amide bonds. The summed E-state index contributed by atoms with van der Waals surface area (Å²) < 4.78 is 18.2. The number of rotatable bonds is 6. The van der Waals surface area contributed by atoms with Crippen LogP contribution in [0, 0.1) is 5.82 Å². The molecule has 3 rings (SSSR count). The van der Waals surface area contributed by atoms with E-state index >= 15 is 0 Å². The topological polar surface area (TPSA) is 92.8 Å². The predicted octanol–water partition coefficient (Wildman–Crippen LogP) is 2.31. The Morgan fingerprint density at radius 2 is 2.08 bits per heavy atom. The molecule has 0 saturated heterocycles. The Morgan fingerprint density at radius 1 is 1.28 bits per heavy atom. The highest BCUT2D eigenvalue weighted by Crippen LogP contribution is 2.22. The smallest absolute Gasteiger partial charge is 0.235 e. The minimum absolute atomic E-state index is 0.268. The molecule has 7 nitrogen and oxygen atoms in total. The SMILES string of the molecule is COc1cccc(NC(=O)C(Cc2ccc(F)cc2)c2nn[nH]n2)c1. The Bertz CT molecular complexity index is 837. The monoisotopic (exact) mass is 341 g/mol. The van der Waals surface area contributed by atoms with Crippen molar-refractivity contribution >= 4 is 11.6 Å². The van der Waals surface area contributed by atoms with Crippen LogP contribution in [0.1, 0.15) is 17.3 Å². The molecule has 0 fully saturated rings. The number of hydrogen-bond donors (Lipinski definition) is 2. The summed E-state index contributed by atoms with van der Waals surface area (Å²) in [6.45, 7) is 0. The van der Waals surface area contributed by atoms with Gasteiger partial charge in [0.15, 0.2) is 5.82 Å². The Labute approximate surface area is 143 Å². The molecular formula is C17H16FN5O2. The van der Waals surface area contributed by atoms with Crippen LogP contribution in [-0.4, -0.2) is 33.6 Å². The van der Waals surface area contributed by atoms with Crippen molar-refractivity contribution in [1.29, 1.82) is 0 Å². The minimum atomic E-state index is -0.671. The quantitative estimate of drug-likeness (QED) is 0.718. The van der Waals surface area contributed by atoms with Gasteiger partial charge in [0.2, 0.25) is 5.91 Å². The molecule has 0 aliphatic carbocycles. The Balaban J connectivity index is 1.81. The van der Waals surface area contributed by atoms with Crippen molar-refractivity contribution < 1.29 is 13.9 Å². The number of aromatic nitrogens is 4. The van der Waals surface area contributed by atoms with Crippen molar-refractivity contribution in [3.63, 3.8) is 0 Å². The molecule has 0 aliphatic rings. The van der Waals surface area contributed by atoms with Crippen molar-refractivity contribution in [2.24, 2.45) is 0 Å². The number of ether oxygens (including phenoxy) is 1. The number of anilines is 1. The first-order valence-electron chi connectivity index (χ1n) is 7.58. The fraction of sp³-hybridized carbons (Fsp3) is 0.176. The molecule has 1 unspecified atom stereocenters. The molecule has 0 radical (unpaired) electrons. The average Bonchev–Trinajstić information content (AvgIpc) is 3.15. The van der Waals surface area contributed by atoms with Crippen LogP contribution in [0.15, 0.2) is 48.5 Å². The van der Waals surface area contributed by atoms with Gasteiger partial charge < -0.3 is 10.1 Å². The molecule has 2 N–H and O–H groups in total. The minimum Gasteiger partial charge on any atom is -0.497 e. The second kappa shape index (κ2) is 7.52. The highest BCUT2D eigenvalue weighted by Gasteiger charge is 2.25. The third-order valence-electron chi connectivity index (χ3n) is 3.68. The molecule has 2 aromatic carbocycles. The van der Waals surface area contributed by atoms with Gasteiger partial charge in [-0.1, -0.05) is 23.4 Å². The van der Waals surface area contributed by atoms with Gasteiger partial charge in [-0.15, -0.1) is 10.2 Å². The van der Waals surface area contributed by atoms with Crippen LogP contribution in [0.3, 0.4) is 0 Å². The molecular weight excluding hydrogens is 325 g/mol. The maximum absolute atomic E-state index is 13.1. The van der Waals surface area contributed by atoms with Crippen molar-refractivity contribution in [3.8, 4) is 5.75 Å². The number of amides is 1. The van der Waals surface area contributed by atoms with E-state index in [9.17, 15) is 9.18 Å². The van der Waals surface area contributed by atoms with E-state index in [0.29, 0.717) is 17.9 Å². The number of benzene rings is 2. The van der Waals surface area contributed by atoms with E-state index in [1.165, 1.54) is 12.1 Å². The summed E-state index contributed by atoms with van der Waals surface area (Å²) in [6.07, 6.45) is 0.315. The normalized spacial score (nSPS) is 11.8. The first-order valence-corrected chi connectivity index (χ1v) is 7.58. The first-order chi connectivity index (χ1) is 12.2. The number of hydrogen-bond acceptors (Lipinski definition) is 5. The van der Waals surface area contributed by atoms with Crippen LogP contribution in [0.5, 0.6) is 5.75 Å². The van der Waals surface area contributed by atoms with Crippen LogP contribution >= 0.6 is 0 Å². The van der Waals surface area contributed by atoms with Crippen LogP contribution in [0.25, 0.3) is 0 Å². The number of carbonyl (C=O) groups excluding carboxylic acids is 1. The van der Waals surface area contributed by atoms with Crippen LogP contribution in [-0.2, 0) is 11.2 Å². The summed E-state index contributed by atoms with van der Waals surface area (Å²) >= 11 is 0. The third-order valence-corrected chi connectivity index (χ3v) is 3.68. The molecule has 0 saturated carbocycles. The fourth-order valence-electron chi connectivity index (χ4n) is 2.40. The highest BCUT2D eigenvalue weighted by atomic mass is 19.1. The Kier molecular flexibility index (Phi) is 4.98. The lowest BCUT2D eigenvalue weighted by Crippen LogP contribution is -2.24. The zero-order valence-electron chi connectivity index (χ0n) is 13.4. The van der Waals surface area contributed by atoms with E-state index in [1.807, 2.05) is 0 Å². The van der Waals surface area contributed by atoms with Gasteiger partial charge in [0, 0.05) is 11.8 Å². The lowest BCUT2D eigenvalue weighted by molar-refractivity contribution is -0.117. The van der Waals surface area contributed by atoms with Gasteiger partial charge in [-0.25, -0.2) is 4.39 Å². The molecule has 1 aromatic heterocycles. The second-order valence-corrected chi connectivity index (χ2v) is 5.37. The zero-order chi connectivity index (χ0) is 17.6. The maximum Gasteiger partial charge on any atom is 0.235 e. The van der Waals surface area contributed by atoms with Gasteiger partial charge in [0.1, 0.15) is 17.5 Å². The van der Waals surface area contributed by atoms with Crippen LogP contribution < -0.4 is 10.1 Å². The van der Waals surface area contributed by atoms with E-state index in [0.717, 1.165) is 5.56 Å². The molecule has 8 heteroatoms. The summed E-state index contributed by atoms with van der Waals surface area (Å²) in [6, 6.07) is 13.0. The third kappa shape index (κ3) is 4.17. The Morgan fingerprint density at radius 3 is 2.76 bits per heavy atom. The Hall–Kier alpha value is -3.29. The number of nitrogens with zero attached hydrogens (tertiary/aromatic N) is 3. The number of halogens is 1. The second-order valence-electron chi connectivity index (χ2n) is 5.37. The van der Waals surface area contributed by atoms with Crippen LogP contribution in [0.2, 0.25) is 0 Å². The van der Waals surface area contributed by atoms with Crippen molar-refractivity contribution in [1.82, 2.24) is 20.6 Å². The van der Waals surface area contributed by atoms with E-state index in [4.69, 9.17) is 4.74 Å². The highest BCUT2D eigenvalue weighted by molar-refractivity contribution is 5.95. The molecule has 0 aliphatic heterocycles. The summed E-state index contributed by atoms with van der Waals surface area (Å²) in [7, 11) is 1.55. The van der Waals surface area contributed by atoms with Crippen molar-refractivity contribution in [2.45, 2.75) is 12.3 Å². The summed E-state index contributed by atoms with van der Waals surface area (Å²) in [5.41, 5.74) is 1.38. The molecule has 128 valence electrons. The molecule has 1 atom stereocenters. The number of H-pyrrole nitrogens is 1. The van der Waals surface area contributed by atoms with E-state index in [-0.39, 0.29) is 17.5 Å². The van der Waals surface area contributed by atoms with Gasteiger partial charge in [-0.05, 0) is 36.2 Å². The zero-order valence-corrected chi connectivity index (χ0v) is 13.4. The van der Waals surface area contributed by atoms with Crippen molar-refractivity contribution in [3.05, 3.63) is 65.7 Å². The maximum atomic E-state index is 13.1. The standard InChI is InChI=1S/C17H16FN5O2/c1-25-14-4-2-3-13(10-14)19-17(24)15(16-20-22-23-21-16)9-11-5-7-12(18)8-6-11/h2-8,10,15H,9H2,1H3,(H,19,24)(H,20,21,22,23). The van der Waals surface area contributed by atoms with Crippen LogP contribution in [0.4, 0.5) is 10.1 Å². The molecule has 0 spiro atoms. The van der Waals surface area contributed by atoms with Gasteiger partial charge in [0.05, 0.1) is 7.11 Å². The molecule has 0 bridgehead atoms. The number of tetrazole rings is 1. The predicted molar refractivity (Wildman–Crippen MR) is 88.6 cm³/mol. The van der Waals surface area contributed by atoms with Gasteiger partial charge in [-0.3, -0.25) is 4.79 Å². The van der Waals surface area contributed by atoms with E-state index < -0.39 is 5.92 Å².